The third-order valence-electron chi connectivity index (χ3n) is 4.42. The van der Waals surface area contributed by atoms with Gasteiger partial charge in [-0.3, -0.25) is 4.79 Å². The van der Waals surface area contributed by atoms with Crippen LogP contribution >= 0.6 is 0 Å². The van der Waals surface area contributed by atoms with Crippen LogP contribution in [0.25, 0.3) is 0 Å². The van der Waals surface area contributed by atoms with Crippen LogP contribution in [-0.2, 0) is 4.79 Å². The average Bonchev–Trinajstić information content (AvgIpc) is 2.72. The molecule has 0 unspecified atom stereocenters. The number of Topliss-reactive ketones (excluding diaryl/α,β-unsaturated/α-hetero) is 1. The summed E-state index contributed by atoms with van der Waals surface area (Å²) in [4.78, 5) is 11.9. The lowest BCUT2D eigenvalue weighted by Gasteiger charge is -2.14. The highest BCUT2D eigenvalue weighted by Crippen LogP contribution is 2.54. The third kappa shape index (κ3) is 0.725. The quantitative estimate of drug-likeness (QED) is 0.537. The molecule has 0 N–H and O–H groups in total. The Kier molecular flexibility index (Phi) is 1.38. The smallest absolute Gasteiger partial charge is 0.139 e. The lowest BCUT2D eigenvalue weighted by molar-refractivity contribution is -0.124. The summed E-state index contributed by atoms with van der Waals surface area (Å²) in [7, 11) is 0. The zero-order valence-corrected chi connectivity index (χ0v) is 7.46. The molecule has 1 heteroatoms. The highest BCUT2D eigenvalue weighted by Gasteiger charge is 2.52. The number of carbonyl (C=O) groups excluding carboxylic acids is 1. The number of carbonyl (C=O) groups is 1. The van der Waals surface area contributed by atoms with Gasteiger partial charge in [0.1, 0.15) is 5.78 Å². The molecule has 0 spiro atoms. The van der Waals surface area contributed by atoms with E-state index < -0.39 is 0 Å². The van der Waals surface area contributed by atoms with E-state index in [-0.39, 0.29) is 0 Å². The standard InChI is InChI=1S/C11H16O/c12-11-9-5-1-3-7(9)8-4-2-6-10(8)11/h7-10H,1-6H2/t7-,8-,9-,10+/m1/s1. The zero-order chi connectivity index (χ0) is 8.13. The van der Waals surface area contributed by atoms with Crippen LogP contribution < -0.4 is 0 Å². The molecule has 3 aliphatic rings. The molecular formula is C11H16O. The third-order valence-corrected chi connectivity index (χ3v) is 4.42. The summed E-state index contributed by atoms with van der Waals surface area (Å²) in [5.74, 6) is 3.33. The molecule has 0 heterocycles. The van der Waals surface area contributed by atoms with Crippen molar-refractivity contribution in [3.05, 3.63) is 0 Å². The molecule has 3 saturated carbocycles. The summed E-state index contributed by atoms with van der Waals surface area (Å²) < 4.78 is 0. The van der Waals surface area contributed by atoms with E-state index in [1.807, 2.05) is 0 Å². The van der Waals surface area contributed by atoms with Gasteiger partial charge in [0, 0.05) is 11.8 Å². The summed E-state index contributed by atoms with van der Waals surface area (Å²) in [6, 6.07) is 0. The van der Waals surface area contributed by atoms with Crippen molar-refractivity contribution in [1.29, 1.82) is 0 Å². The van der Waals surface area contributed by atoms with Gasteiger partial charge in [-0.15, -0.1) is 0 Å². The Bertz CT molecular complexity index is 199. The molecular weight excluding hydrogens is 148 g/mol. The molecule has 0 aromatic rings. The molecule has 66 valence electrons. The normalized spacial score (nSPS) is 51.2. The Labute approximate surface area is 73.5 Å². The van der Waals surface area contributed by atoms with Crippen molar-refractivity contribution >= 4 is 5.78 Å². The minimum Gasteiger partial charge on any atom is -0.299 e. The van der Waals surface area contributed by atoms with Crippen molar-refractivity contribution in [3.8, 4) is 0 Å². The Morgan fingerprint density at radius 2 is 1.33 bits per heavy atom. The maximum absolute atomic E-state index is 11.9. The number of hydrogen-bond donors (Lipinski definition) is 0. The molecule has 0 aromatic carbocycles. The summed E-state index contributed by atoms with van der Waals surface area (Å²) >= 11 is 0. The number of hydrogen-bond acceptors (Lipinski definition) is 1. The first-order valence-corrected chi connectivity index (χ1v) is 5.41. The molecule has 3 rings (SSSR count). The van der Waals surface area contributed by atoms with Crippen LogP contribution in [0.2, 0.25) is 0 Å². The minimum atomic E-state index is 0.514. The molecule has 0 saturated heterocycles. The second-order valence-corrected chi connectivity index (χ2v) is 4.80. The van der Waals surface area contributed by atoms with Crippen molar-refractivity contribution in [3.63, 3.8) is 0 Å². The fraction of sp³-hybridized carbons (Fsp3) is 0.909. The first kappa shape index (κ1) is 7.11. The maximum Gasteiger partial charge on any atom is 0.139 e. The van der Waals surface area contributed by atoms with Crippen LogP contribution in [0.3, 0.4) is 0 Å². The van der Waals surface area contributed by atoms with E-state index in [4.69, 9.17) is 0 Å². The topological polar surface area (TPSA) is 17.1 Å². The van der Waals surface area contributed by atoms with Crippen molar-refractivity contribution in [1.82, 2.24) is 0 Å². The number of fused-ring (bicyclic) bond motifs is 3. The predicted molar refractivity (Wildman–Crippen MR) is 46.7 cm³/mol. The second-order valence-electron chi connectivity index (χ2n) is 4.80. The van der Waals surface area contributed by atoms with Crippen molar-refractivity contribution in [2.45, 2.75) is 38.5 Å². The first-order chi connectivity index (χ1) is 5.88. The van der Waals surface area contributed by atoms with Crippen molar-refractivity contribution in [2.24, 2.45) is 23.7 Å². The molecule has 3 fully saturated rings. The lowest BCUT2D eigenvalue weighted by Crippen LogP contribution is -2.12. The van der Waals surface area contributed by atoms with Crippen LogP contribution in [0.1, 0.15) is 38.5 Å². The van der Waals surface area contributed by atoms with Gasteiger partial charge in [-0.25, -0.2) is 0 Å². The van der Waals surface area contributed by atoms with Crippen molar-refractivity contribution < 1.29 is 4.79 Å². The molecule has 12 heavy (non-hydrogen) atoms. The van der Waals surface area contributed by atoms with Gasteiger partial charge in [-0.2, -0.15) is 0 Å². The lowest BCUT2D eigenvalue weighted by atomic mass is 9.90. The second kappa shape index (κ2) is 2.34. The van der Waals surface area contributed by atoms with Gasteiger partial charge >= 0.3 is 0 Å². The van der Waals surface area contributed by atoms with Crippen LogP contribution in [0.4, 0.5) is 0 Å². The van der Waals surface area contributed by atoms with Gasteiger partial charge in [0.05, 0.1) is 0 Å². The van der Waals surface area contributed by atoms with E-state index in [0.717, 1.165) is 11.8 Å². The van der Waals surface area contributed by atoms with E-state index in [9.17, 15) is 4.79 Å². The van der Waals surface area contributed by atoms with Crippen LogP contribution in [0.5, 0.6) is 0 Å². The fourth-order valence-electron chi connectivity index (χ4n) is 3.98. The SMILES string of the molecule is O=C1[C@H]2CCC[C@@H]2[C@H]2CCC[C@@H]12. The van der Waals surface area contributed by atoms with E-state index in [0.29, 0.717) is 17.6 Å². The van der Waals surface area contributed by atoms with Crippen molar-refractivity contribution in [2.75, 3.05) is 0 Å². The highest BCUT2D eigenvalue weighted by molar-refractivity contribution is 5.87. The van der Waals surface area contributed by atoms with Crippen LogP contribution in [0, 0.1) is 23.7 Å². The van der Waals surface area contributed by atoms with Gasteiger partial charge in [0.25, 0.3) is 0 Å². The molecule has 0 aromatic heterocycles. The molecule has 4 atom stereocenters. The van der Waals surface area contributed by atoms with Gasteiger partial charge in [0.2, 0.25) is 0 Å². The monoisotopic (exact) mass is 164 g/mol. The van der Waals surface area contributed by atoms with E-state index in [1.54, 1.807) is 0 Å². The predicted octanol–water partition coefficient (Wildman–Crippen LogP) is 2.40. The summed E-state index contributed by atoms with van der Waals surface area (Å²) in [5, 5.41) is 0. The molecule has 0 radical (unpaired) electrons. The first-order valence-electron chi connectivity index (χ1n) is 5.41. The molecule has 3 aliphatic carbocycles. The summed E-state index contributed by atoms with van der Waals surface area (Å²) in [5.41, 5.74) is 0. The largest absolute Gasteiger partial charge is 0.299 e. The zero-order valence-electron chi connectivity index (χ0n) is 7.46. The van der Waals surface area contributed by atoms with Gasteiger partial charge in [-0.05, 0) is 37.5 Å². The minimum absolute atomic E-state index is 0.514. The van der Waals surface area contributed by atoms with E-state index >= 15 is 0 Å². The van der Waals surface area contributed by atoms with E-state index in [2.05, 4.69) is 0 Å². The fourth-order valence-corrected chi connectivity index (χ4v) is 3.98. The van der Waals surface area contributed by atoms with Gasteiger partial charge < -0.3 is 0 Å². The Hall–Kier alpha value is -0.330. The Balaban J connectivity index is 1.94. The number of ketones is 1. The van der Waals surface area contributed by atoms with Gasteiger partial charge in [-0.1, -0.05) is 12.8 Å². The Morgan fingerprint density at radius 1 is 0.833 bits per heavy atom. The molecule has 0 aliphatic heterocycles. The van der Waals surface area contributed by atoms with Gasteiger partial charge in [0.15, 0.2) is 0 Å². The maximum atomic E-state index is 11.9. The molecule has 1 nitrogen and oxygen atoms in total. The summed E-state index contributed by atoms with van der Waals surface area (Å²) in [6.07, 6.45) is 7.80. The van der Waals surface area contributed by atoms with E-state index in [1.165, 1.54) is 38.5 Å². The summed E-state index contributed by atoms with van der Waals surface area (Å²) in [6.45, 7) is 0. The highest BCUT2D eigenvalue weighted by atomic mass is 16.1. The Morgan fingerprint density at radius 3 is 1.83 bits per heavy atom. The number of rotatable bonds is 0. The molecule has 0 amide bonds. The average molecular weight is 164 g/mol. The van der Waals surface area contributed by atoms with Crippen LogP contribution in [0.15, 0.2) is 0 Å². The van der Waals surface area contributed by atoms with Crippen LogP contribution in [-0.4, -0.2) is 5.78 Å². The molecule has 0 bridgehead atoms.